The summed E-state index contributed by atoms with van der Waals surface area (Å²) in [5.74, 6) is -4.51. The fourth-order valence-electron chi connectivity index (χ4n) is 4.56. The third-order valence-electron chi connectivity index (χ3n) is 6.58. The highest BCUT2D eigenvalue weighted by Crippen LogP contribution is 2.41. The summed E-state index contributed by atoms with van der Waals surface area (Å²) < 4.78 is 41.1. The van der Waals surface area contributed by atoms with Gasteiger partial charge in [0.05, 0.1) is 11.3 Å². The van der Waals surface area contributed by atoms with Crippen molar-refractivity contribution in [2.75, 3.05) is 13.1 Å². The maximum Gasteiger partial charge on any atom is 0.267 e. The number of rotatable bonds is 4. The number of piperazine rings is 1. The molecule has 2 fully saturated rings. The summed E-state index contributed by atoms with van der Waals surface area (Å²) in [7, 11) is 0. The smallest absolute Gasteiger partial charge is 0.267 e. The lowest BCUT2D eigenvalue weighted by Crippen LogP contribution is -2.64. The largest absolute Gasteiger partial charge is 0.333 e. The van der Waals surface area contributed by atoms with Crippen LogP contribution in [-0.4, -0.2) is 62.9 Å². The van der Waals surface area contributed by atoms with E-state index in [9.17, 15) is 27.6 Å². The van der Waals surface area contributed by atoms with Gasteiger partial charge in [-0.1, -0.05) is 6.07 Å². The number of carbonyl (C=O) groups is 2. The quantitative estimate of drug-likeness (QED) is 0.757. The van der Waals surface area contributed by atoms with Gasteiger partial charge in [-0.3, -0.25) is 14.4 Å². The second-order valence-electron chi connectivity index (χ2n) is 8.99. The summed E-state index contributed by atoms with van der Waals surface area (Å²) in [6, 6.07) is 3.17. The molecule has 1 aromatic heterocycles. The number of nitrogens with one attached hydrogen (secondary N) is 1. The molecule has 10 heteroatoms. The fraction of sp³-hybridized carbons (Fsp3) is 0.478. The van der Waals surface area contributed by atoms with E-state index in [1.165, 1.54) is 28.0 Å². The van der Waals surface area contributed by atoms with Gasteiger partial charge in [0.1, 0.15) is 12.4 Å². The maximum atomic E-state index is 14.6. The van der Waals surface area contributed by atoms with Crippen molar-refractivity contribution in [1.29, 1.82) is 0 Å². The van der Waals surface area contributed by atoms with Crippen LogP contribution in [0.25, 0.3) is 0 Å². The van der Waals surface area contributed by atoms with Crippen molar-refractivity contribution in [1.82, 2.24) is 20.0 Å². The van der Waals surface area contributed by atoms with Crippen molar-refractivity contribution in [3.8, 4) is 0 Å². The average molecular weight is 462 g/mol. The maximum absolute atomic E-state index is 14.6. The van der Waals surface area contributed by atoms with E-state index in [2.05, 4.69) is 10.2 Å². The molecule has 1 aromatic carbocycles. The first-order valence-electron chi connectivity index (χ1n) is 10.8. The van der Waals surface area contributed by atoms with E-state index in [0.29, 0.717) is 22.4 Å². The number of nitrogens with zero attached hydrogens (tertiary/aromatic N) is 3. The first kappa shape index (κ1) is 23.0. The number of benzene rings is 1. The second-order valence-corrected chi connectivity index (χ2v) is 8.99. The molecule has 176 valence electrons. The summed E-state index contributed by atoms with van der Waals surface area (Å²) in [4.78, 5) is 40.1. The van der Waals surface area contributed by atoms with E-state index < -0.39 is 35.6 Å². The van der Waals surface area contributed by atoms with Crippen LogP contribution in [0.5, 0.6) is 0 Å². The Hall–Kier alpha value is -3.17. The number of H-pyrrole nitrogens is 1. The van der Waals surface area contributed by atoms with Crippen LogP contribution in [0.2, 0.25) is 0 Å². The van der Waals surface area contributed by atoms with Crippen LogP contribution in [0.4, 0.5) is 13.2 Å². The Morgan fingerprint density at radius 3 is 2.55 bits per heavy atom. The average Bonchev–Trinajstić information content (AvgIpc) is 2.73. The summed E-state index contributed by atoms with van der Waals surface area (Å²) in [6.07, 6.45) is -0.459. The summed E-state index contributed by atoms with van der Waals surface area (Å²) in [5.41, 5.74) is 2.02. The third-order valence-corrected chi connectivity index (χ3v) is 6.58. The number of aromatic nitrogens is 2. The molecule has 0 spiro atoms. The van der Waals surface area contributed by atoms with Gasteiger partial charge in [0.15, 0.2) is 0 Å². The molecule has 1 atom stereocenters. The van der Waals surface area contributed by atoms with Gasteiger partial charge in [-0.2, -0.15) is 5.10 Å². The number of aromatic amines is 1. The van der Waals surface area contributed by atoms with E-state index in [0.717, 1.165) is 0 Å². The highest BCUT2D eigenvalue weighted by molar-refractivity contribution is 5.97. The summed E-state index contributed by atoms with van der Waals surface area (Å²) in [6.45, 7) is 5.01. The molecule has 1 saturated carbocycles. The van der Waals surface area contributed by atoms with Crippen LogP contribution in [0.3, 0.4) is 0 Å². The Labute approximate surface area is 188 Å². The molecular weight excluding hydrogens is 437 g/mol. The van der Waals surface area contributed by atoms with Gasteiger partial charge >= 0.3 is 0 Å². The summed E-state index contributed by atoms with van der Waals surface area (Å²) >= 11 is 0. The van der Waals surface area contributed by atoms with Gasteiger partial charge in [0.2, 0.25) is 5.91 Å². The number of hydrogen-bond donors (Lipinski definition) is 1. The molecule has 1 aliphatic heterocycles. The molecule has 4 rings (SSSR count). The molecule has 1 N–H and O–H groups in total. The van der Waals surface area contributed by atoms with Gasteiger partial charge in [-0.25, -0.2) is 18.3 Å². The SMILES string of the molecule is Cc1c(Cc2ccc(F)c(C(=O)N3CC(=O)N(C4CC(F)(F)C4)[C@H](C)C3)c2)n[nH]c(=O)c1C. The van der Waals surface area contributed by atoms with E-state index in [1.807, 2.05) is 0 Å². The molecule has 7 nitrogen and oxygen atoms in total. The van der Waals surface area contributed by atoms with Crippen molar-refractivity contribution < 1.29 is 22.8 Å². The lowest BCUT2D eigenvalue weighted by molar-refractivity contribution is -0.163. The molecule has 2 amide bonds. The minimum atomic E-state index is -2.75. The molecule has 0 radical (unpaired) electrons. The zero-order valence-electron chi connectivity index (χ0n) is 18.6. The van der Waals surface area contributed by atoms with Crippen LogP contribution < -0.4 is 5.56 Å². The minimum absolute atomic E-state index is 0.135. The monoisotopic (exact) mass is 462 g/mol. The Balaban J connectivity index is 1.51. The van der Waals surface area contributed by atoms with Crippen LogP contribution in [0, 0.1) is 19.7 Å². The predicted molar refractivity (Wildman–Crippen MR) is 114 cm³/mol. The highest BCUT2D eigenvalue weighted by Gasteiger charge is 2.51. The molecule has 1 saturated heterocycles. The van der Waals surface area contributed by atoms with Crippen LogP contribution in [0.15, 0.2) is 23.0 Å². The molecule has 2 aromatic rings. The number of halogens is 3. The Bertz CT molecular complexity index is 1170. The Morgan fingerprint density at radius 1 is 1.21 bits per heavy atom. The predicted octanol–water partition coefficient (Wildman–Crippen LogP) is 2.59. The van der Waals surface area contributed by atoms with Gasteiger partial charge in [0, 0.05) is 43.5 Å². The molecular formula is C23H25F3N4O3. The molecule has 2 aliphatic rings. The number of carbonyl (C=O) groups excluding carboxylic acids is 2. The second kappa shape index (κ2) is 8.31. The molecule has 2 heterocycles. The van der Waals surface area contributed by atoms with Crippen LogP contribution >= 0.6 is 0 Å². The Kier molecular flexibility index (Phi) is 5.79. The van der Waals surface area contributed by atoms with Crippen molar-refractivity contribution in [2.45, 2.75) is 58.0 Å². The van der Waals surface area contributed by atoms with E-state index in [1.54, 1.807) is 20.8 Å². The van der Waals surface area contributed by atoms with Crippen molar-refractivity contribution >= 4 is 11.8 Å². The molecule has 0 bridgehead atoms. The van der Waals surface area contributed by atoms with Crippen LogP contribution in [-0.2, 0) is 11.2 Å². The summed E-state index contributed by atoms with van der Waals surface area (Å²) in [5, 5.41) is 6.48. The molecule has 1 aliphatic carbocycles. The molecule has 33 heavy (non-hydrogen) atoms. The van der Waals surface area contributed by atoms with Gasteiger partial charge < -0.3 is 9.80 Å². The fourth-order valence-corrected chi connectivity index (χ4v) is 4.56. The lowest BCUT2D eigenvalue weighted by Gasteiger charge is -2.49. The first-order chi connectivity index (χ1) is 15.5. The third kappa shape index (κ3) is 4.38. The zero-order valence-corrected chi connectivity index (χ0v) is 18.6. The first-order valence-corrected chi connectivity index (χ1v) is 10.8. The molecule has 0 unspecified atom stereocenters. The van der Waals surface area contributed by atoms with Gasteiger partial charge in [-0.05, 0) is 44.0 Å². The van der Waals surface area contributed by atoms with Crippen molar-refractivity contribution in [3.05, 3.63) is 62.3 Å². The number of amides is 2. The topological polar surface area (TPSA) is 86.4 Å². The minimum Gasteiger partial charge on any atom is -0.333 e. The van der Waals surface area contributed by atoms with Crippen molar-refractivity contribution in [2.24, 2.45) is 0 Å². The van der Waals surface area contributed by atoms with E-state index in [4.69, 9.17) is 0 Å². The van der Waals surface area contributed by atoms with E-state index >= 15 is 0 Å². The number of hydrogen-bond acceptors (Lipinski definition) is 4. The Morgan fingerprint density at radius 2 is 1.91 bits per heavy atom. The standard InChI is InChI=1S/C23H25F3N4O3/c1-12-10-29(11-20(31)30(12)16-8-23(25,26)9-16)22(33)17-6-15(4-5-18(17)24)7-19-13(2)14(3)21(32)28-27-19/h4-6,12,16H,7-11H2,1-3H3,(H,28,32)/t12-/m1/s1. The van der Waals surface area contributed by atoms with Gasteiger partial charge in [-0.15, -0.1) is 0 Å². The number of alkyl halides is 2. The van der Waals surface area contributed by atoms with Gasteiger partial charge in [0.25, 0.3) is 17.4 Å². The van der Waals surface area contributed by atoms with Crippen molar-refractivity contribution in [3.63, 3.8) is 0 Å². The normalized spacial score (nSPS) is 20.7. The zero-order chi connectivity index (χ0) is 24.1. The lowest BCUT2D eigenvalue weighted by atomic mass is 9.85. The van der Waals surface area contributed by atoms with E-state index in [-0.39, 0.29) is 43.5 Å². The van der Waals surface area contributed by atoms with Crippen LogP contribution in [0.1, 0.15) is 52.5 Å². The highest BCUT2D eigenvalue weighted by atomic mass is 19.3.